The zero-order valence-corrected chi connectivity index (χ0v) is 19.8. The molecule has 2 aromatic heterocycles. The number of carbonyl (C=O) groups excluding carboxylic acids is 1. The second kappa shape index (κ2) is 8.56. The largest absolute Gasteiger partial charge is 0.329 e. The van der Waals surface area contributed by atoms with E-state index in [1.165, 1.54) is 37.3 Å². The Morgan fingerprint density at radius 3 is 2.64 bits per heavy atom. The molecule has 0 radical (unpaired) electrons. The van der Waals surface area contributed by atoms with E-state index in [2.05, 4.69) is 20.5 Å². The van der Waals surface area contributed by atoms with Gasteiger partial charge in [-0.25, -0.2) is 9.97 Å². The number of aromatic nitrogens is 3. The van der Waals surface area contributed by atoms with Crippen molar-refractivity contribution in [2.24, 2.45) is 0 Å². The molecular weight excluding hydrogens is 454 g/mol. The molecule has 1 fully saturated rings. The van der Waals surface area contributed by atoms with E-state index in [-0.39, 0.29) is 5.91 Å². The zero-order chi connectivity index (χ0) is 22.4. The van der Waals surface area contributed by atoms with E-state index in [1.54, 1.807) is 0 Å². The van der Waals surface area contributed by atoms with Gasteiger partial charge in [0.25, 0.3) is 5.91 Å². The van der Waals surface area contributed by atoms with Crippen molar-refractivity contribution < 1.29 is 4.79 Å². The Kier molecular flexibility index (Phi) is 5.40. The Labute approximate surface area is 201 Å². The number of benzene rings is 2. The van der Waals surface area contributed by atoms with Gasteiger partial charge in [0.05, 0.1) is 23.1 Å². The van der Waals surface area contributed by atoms with Crippen LogP contribution in [0, 0.1) is 0 Å². The molecular formula is C25H24ClN5OS. The number of likely N-dealkylation sites (tertiary alicyclic amines) is 1. The molecule has 2 aromatic carbocycles. The second-order valence-electron chi connectivity index (χ2n) is 8.67. The average Bonchev–Trinajstić information content (AvgIpc) is 3.58. The topological polar surface area (TPSA) is 54.3 Å². The molecule has 168 valence electrons. The minimum Gasteiger partial charge on any atom is -0.329 e. The number of imidazole rings is 1. The first kappa shape index (κ1) is 20.8. The summed E-state index contributed by atoms with van der Waals surface area (Å²) < 4.78 is 2.22. The number of amides is 1. The third-order valence-corrected chi connectivity index (χ3v) is 7.96. The predicted molar refractivity (Wildman–Crippen MR) is 133 cm³/mol. The van der Waals surface area contributed by atoms with Crippen molar-refractivity contribution in [1.82, 2.24) is 19.4 Å². The van der Waals surface area contributed by atoms with Crippen LogP contribution in [-0.2, 0) is 13.0 Å². The van der Waals surface area contributed by atoms with Crippen LogP contribution in [0.25, 0.3) is 21.6 Å². The van der Waals surface area contributed by atoms with E-state index >= 15 is 0 Å². The summed E-state index contributed by atoms with van der Waals surface area (Å²) in [5.74, 6) is 0.0155. The molecule has 33 heavy (non-hydrogen) atoms. The quantitative estimate of drug-likeness (QED) is 0.400. The Bertz CT molecular complexity index is 1320. The van der Waals surface area contributed by atoms with Gasteiger partial charge >= 0.3 is 0 Å². The summed E-state index contributed by atoms with van der Waals surface area (Å²) in [6.07, 6.45) is 5.27. The van der Waals surface area contributed by atoms with Crippen LogP contribution in [0.5, 0.6) is 0 Å². The van der Waals surface area contributed by atoms with Crippen LogP contribution in [0.1, 0.15) is 28.2 Å². The van der Waals surface area contributed by atoms with E-state index in [0.717, 1.165) is 57.4 Å². The number of halogens is 1. The minimum absolute atomic E-state index is 0.0155. The zero-order valence-electron chi connectivity index (χ0n) is 18.2. The summed E-state index contributed by atoms with van der Waals surface area (Å²) in [6, 6.07) is 13.8. The summed E-state index contributed by atoms with van der Waals surface area (Å²) >= 11 is 7.47. The highest BCUT2D eigenvalue weighted by Gasteiger charge is 2.30. The first-order valence-electron chi connectivity index (χ1n) is 11.4. The molecule has 0 spiro atoms. The van der Waals surface area contributed by atoms with E-state index < -0.39 is 0 Å². The van der Waals surface area contributed by atoms with Crippen molar-refractivity contribution in [2.75, 3.05) is 31.1 Å². The van der Waals surface area contributed by atoms with Gasteiger partial charge in [0.1, 0.15) is 9.88 Å². The lowest BCUT2D eigenvalue weighted by atomic mass is 10.1. The van der Waals surface area contributed by atoms with Gasteiger partial charge in [0, 0.05) is 42.3 Å². The maximum Gasteiger partial charge on any atom is 0.270 e. The summed E-state index contributed by atoms with van der Waals surface area (Å²) in [4.78, 5) is 27.8. The van der Waals surface area contributed by atoms with Gasteiger partial charge in [0.15, 0.2) is 0 Å². The average molecular weight is 478 g/mol. The summed E-state index contributed by atoms with van der Waals surface area (Å²) in [7, 11) is 0. The maximum atomic E-state index is 13.4. The number of hydrogen-bond acceptors (Lipinski definition) is 5. The molecule has 0 saturated carbocycles. The number of hydrogen-bond donors (Lipinski definition) is 0. The number of carbonyl (C=O) groups is 1. The van der Waals surface area contributed by atoms with Crippen molar-refractivity contribution in [3.8, 4) is 10.6 Å². The number of fused-ring (bicyclic) bond motifs is 2. The van der Waals surface area contributed by atoms with Gasteiger partial charge in [-0.2, -0.15) is 0 Å². The highest BCUT2D eigenvalue weighted by atomic mass is 35.5. The van der Waals surface area contributed by atoms with Gasteiger partial charge in [0.2, 0.25) is 0 Å². The standard InChI is InChI=1S/C25H24ClN5OS/c26-18-5-3-17(4-6-18)24-28-20-9-12-31(25(32)23(20)33-24)19-7-8-22-21(15-19)27-16-30(22)14-13-29-10-1-2-11-29/h3-8,15-16H,1-2,9-14H2. The number of anilines is 1. The lowest BCUT2D eigenvalue weighted by Crippen LogP contribution is -2.36. The van der Waals surface area contributed by atoms with Crippen molar-refractivity contribution in [2.45, 2.75) is 25.8 Å². The summed E-state index contributed by atoms with van der Waals surface area (Å²) in [6.45, 7) is 5.02. The maximum absolute atomic E-state index is 13.4. The predicted octanol–water partition coefficient (Wildman–Crippen LogP) is 5.11. The molecule has 6 rings (SSSR count). The molecule has 6 nitrogen and oxygen atoms in total. The van der Waals surface area contributed by atoms with E-state index in [0.29, 0.717) is 11.6 Å². The smallest absolute Gasteiger partial charge is 0.270 e. The Morgan fingerprint density at radius 2 is 1.82 bits per heavy atom. The molecule has 0 atom stereocenters. The minimum atomic E-state index is 0.0155. The number of rotatable bonds is 5. The van der Waals surface area contributed by atoms with Gasteiger partial charge in [-0.05, 0) is 56.3 Å². The monoisotopic (exact) mass is 477 g/mol. The van der Waals surface area contributed by atoms with Gasteiger partial charge in [-0.3, -0.25) is 4.79 Å². The van der Waals surface area contributed by atoms with E-state index in [4.69, 9.17) is 16.6 Å². The Hall–Kier alpha value is -2.74. The molecule has 4 aromatic rings. The molecule has 0 aliphatic carbocycles. The summed E-state index contributed by atoms with van der Waals surface area (Å²) in [5, 5.41) is 1.55. The van der Waals surface area contributed by atoms with Crippen LogP contribution in [-0.4, -0.2) is 51.5 Å². The van der Waals surface area contributed by atoms with Crippen LogP contribution in [0.3, 0.4) is 0 Å². The van der Waals surface area contributed by atoms with Gasteiger partial charge < -0.3 is 14.4 Å². The molecule has 1 saturated heterocycles. The number of thiazole rings is 1. The van der Waals surface area contributed by atoms with Crippen LogP contribution in [0.15, 0.2) is 48.8 Å². The summed E-state index contributed by atoms with van der Waals surface area (Å²) in [5.41, 5.74) is 4.81. The fourth-order valence-corrected chi connectivity index (χ4v) is 5.94. The molecule has 4 heterocycles. The van der Waals surface area contributed by atoms with Crippen LogP contribution in [0.2, 0.25) is 5.02 Å². The lowest BCUT2D eigenvalue weighted by molar-refractivity contribution is 0.0984. The Morgan fingerprint density at radius 1 is 1.00 bits per heavy atom. The van der Waals surface area contributed by atoms with Crippen LogP contribution >= 0.6 is 22.9 Å². The van der Waals surface area contributed by atoms with Crippen molar-refractivity contribution in [3.05, 3.63) is 64.4 Å². The fraction of sp³-hybridized carbons (Fsp3) is 0.320. The second-order valence-corrected chi connectivity index (χ2v) is 10.1. The van der Waals surface area contributed by atoms with Crippen molar-refractivity contribution in [3.63, 3.8) is 0 Å². The third-order valence-electron chi connectivity index (χ3n) is 6.57. The molecule has 0 bridgehead atoms. The normalized spacial score (nSPS) is 16.6. The van der Waals surface area contributed by atoms with E-state index in [9.17, 15) is 4.79 Å². The molecule has 8 heteroatoms. The molecule has 2 aliphatic rings. The fourth-order valence-electron chi connectivity index (χ4n) is 4.75. The third kappa shape index (κ3) is 3.94. The highest BCUT2D eigenvalue weighted by molar-refractivity contribution is 7.17. The van der Waals surface area contributed by atoms with E-state index in [1.807, 2.05) is 47.6 Å². The highest BCUT2D eigenvalue weighted by Crippen LogP contribution is 2.34. The first-order chi connectivity index (χ1) is 16.2. The van der Waals surface area contributed by atoms with Gasteiger partial charge in [-0.15, -0.1) is 11.3 Å². The first-order valence-corrected chi connectivity index (χ1v) is 12.6. The molecule has 1 amide bonds. The molecule has 2 aliphatic heterocycles. The molecule has 0 N–H and O–H groups in total. The van der Waals surface area contributed by atoms with Crippen molar-refractivity contribution in [1.29, 1.82) is 0 Å². The SMILES string of the molecule is O=C1c2sc(-c3ccc(Cl)cc3)nc2CCN1c1ccc2c(c1)ncn2CCN1CCCC1. The van der Waals surface area contributed by atoms with Crippen LogP contribution < -0.4 is 4.90 Å². The van der Waals surface area contributed by atoms with Crippen LogP contribution in [0.4, 0.5) is 5.69 Å². The van der Waals surface area contributed by atoms with Gasteiger partial charge in [-0.1, -0.05) is 23.7 Å². The Balaban J connectivity index is 1.23. The number of nitrogens with zero attached hydrogens (tertiary/aromatic N) is 5. The van der Waals surface area contributed by atoms with Crippen molar-refractivity contribution >= 4 is 45.6 Å². The molecule has 0 unspecified atom stereocenters. The lowest BCUT2D eigenvalue weighted by Gasteiger charge is -2.26.